The van der Waals surface area contributed by atoms with Gasteiger partial charge in [0.05, 0.1) is 5.57 Å². The fourth-order valence-electron chi connectivity index (χ4n) is 3.48. The Morgan fingerprint density at radius 2 is 1.56 bits per heavy atom. The molecule has 3 aromatic rings. The van der Waals surface area contributed by atoms with Gasteiger partial charge in [-0.25, -0.2) is 0 Å². The van der Waals surface area contributed by atoms with Crippen molar-refractivity contribution in [3.8, 4) is 11.5 Å². The van der Waals surface area contributed by atoms with Gasteiger partial charge in [0.2, 0.25) is 5.17 Å². The lowest BCUT2D eigenvalue weighted by atomic mass is 10.1. The van der Waals surface area contributed by atoms with Crippen LogP contribution in [-0.2, 0) is 4.79 Å². The molecule has 180 valence electrons. The number of aliphatic imine (C=N–C) groups is 1. The predicted octanol–water partition coefficient (Wildman–Crippen LogP) is 5.88. The molecule has 2 aliphatic rings. The summed E-state index contributed by atoms with van der Waals surface area (Å²) >= 11 is 4.68. The van der Waals surface area contributed by atoms with Crippen molar-refractivity contribution in [2.24, 2.45) is 10.1 Å². The highest BCUT2D eigenvalue weighted by molar-refractivity contribution is 9.10. The summed E-state index contributed by atoms with van der Waals surface area (Å²) < 4.78 is 12.4. The number of thioether (sulfide) groups is 1. The van der Waals surface area contributed by atoms with Crippen LogP contribution in [0.2, 0.25) is 0 Å². The van der Waals surface area contributed by atoms with Crippen molar-refractivity contribution < 1.29 is 14.3 Å². The smallest absolute Gasteiger partial charge is 0.283 e. The molecular weight excluding hydrogens is 540 g/mol. The third-order valence-corrected chi connectivity index (χ3v) is 6.86. The summed E-state index contributed by atoms with van der Waals surface area (Å²) in [5.41, 5.74) is 3.02. The minimum Gasteiger partial charge on any atom is -0.490 e. The van der Waals surface area contributed by atoms with Crippen LogP contribution in [0.5, 0.6) is 11.5 Å². The maximum Gasteiger partial charge on any atom is 0.283 e. The van der Waals surface area contributed by atoms with Gasteiger partial charge in [0, 0.05) is 10.0 Å². The summed E-state index contributed by atoms with van der Waals surface area (Å²) in [6.45, 7) is 2.83. The van der Waals surface area contributed by atoms with E-state index in [1.54, 1.807) is 6.08 Å². The fraction of sp³-hybridized carbons (Fsp3) is 0.111. The van der Waals surface area contributed by atoms with E-state index < -0.39 is 5.91 Å². The first-order chi connectivity index (χ1) is 17.5. The van der Waals surface area contributed by atoms with Gasteiger partial charge in [0.1, 0.15) is 29.8 Å². The molecule has 1 amide bonds. The highest BCUT2D eigenvalue weighted by Crippen LogP contribution is 2.31. The van der Waals surface area contributed by atoms with Gasteiger partial charge in [-0.2, -0.15) is 15.1 Å². The number of nitrogens with zero attached hydrogens (tertiary/aromatic N) is 3. The van der Waals surface area contributed by atoms with Crippen molar-refractivity contribution in [3.63, 3.8) is 0 Å². The molecule has 0 radical (unpaired) electrons. The average molecular weight is 561 g/mol. The third-order valence-electron chi connectivity index (χ3n) is 5.38. The lowest BCUT2D eigenvalue weighted by molar-refractivity contribution is -0.114. The van der Waals surface area contributed by atoms with E-state index in [-0.39, 0.29) is 11.4 Å². The number of carbonyl (C=O) groups excluding carboxylic acids is 1. The standard InChI is InChI=1S/C27H21BrN4O3S/c1-17-2-6-19(7-3-17)26-31-32-24(29)23(25(33)30-27(32)36-26)16-18-4-10-21(11-5-18)34-14-15-35-22-12-8-20(28)9-13-22/h2-13,16,29H,14-15H2,1H3/b23-16-,29-24?. The zero-order valence-corrected chi connectivity index (χ0v) is 21.7. The number of benzene rings is 3. The number of nitrogens with one attached hydrogen (secondary N) is 1. The first-order valence-electron chi connectivity index (χ1n) is 11.1. The van der Waals surface area contributed by atoms with Gasteiger partial charge in [0.15, 0.2) is 5.84 Å². The SMILES string of the molecule is Cc1ccc(C2=NN3C(=N)/C(=C/c4ccc(OCCOc5ccc(Br)cc5)cc4)C(=O)N=C3S2)cc1. The van der Waals surface area contributed by atoms with E-state index in [1.165, 1.54) is 16.8 Å². The highest BCUT2D eigenvalue weighted by atomic mass is 79.9. The Bertz CT molecular complexity index is 1400. The minimum absolute atomic E-state index is 0.00466. The highest BCUT2D eigenvalue weighted by Gasteiger charge is 2.36. The summed E-state index contributed by atoms with van der Waals surface area (Å²) in [7, 11) is 0. The normalized spacial score (nSPS) is 16.1. The lowest BCUT2D eigenvalue weighted by Crippen LogP contribution is -2.35. The molecule has 0 spiro atoms. The molecule has 0 aliphatic carbocycles. The van der Waals surface area contributed by atoms with E-state index in [0.717, 1.165) is 26.9 Å². The number of halogens is 1. The molecule has 1 N–H and O–H groups in total. The van der Waals surface area contributed by atoms with Crippen LogP contribution in [0.15, 0.2) is 92.9 Å². The Morgan fingerprint density at radius 1 is 0.944 bits per heavy atom. The fourth-order valence-corrected chi connectivity index (χ4v) is 4.64. The minimum atomic E-state index is -0.454. The van der Waals surface area contributed by atoms with Crippen LogP contribution in [-0.4, -0.2) is 40.2 Å². The van der Waals surface area contributed by atoms with Crippen LogP contribution < -0.4 is 9.47 Å². The maximum absolute atomic E-state index is 12.7. The summed E-state index contributed by atoms with van der Waals surface area (Å²) in [5, 5.41) is 15.6. The van der Waals surface area contributed by atoms with Crippen molar-refractivity contribution >= 4 is 55.7 Å². The molecular formula is C27H21BrN4O3S. The van der Waals surface area contributed by atoms with Crippen LogP contribution in [0.4, 0.5) is 0 Å². The maximum atomic E-state index is 12.7. The lowest BCUT2D eigenvalue weighted by Gasteiger charge is -2.20. The second kappa shape index (κ2) is 10.5. The summed E-state index contributed by atoms with van der Waals surface area (Å²) in [4.78, 5) is 16.9. The molecule has 0 saturated carbocycles. The Hall–Kier alpha value is -3.69. The summed E-state index contributed by atoms with van der Waals surface area (Å²) in [6, 6.07) is 22.9. The van der Waals surface area contributed by atoms with Gasteiger partial charge in [-0.1, -0.05) is 57.9 Å². The first kappa shape index (κ1) is 24.0. The average Bonchev–Trinajstić information content (AvgIpc) is 3.31. The van der Waals surface area contributed by atoms with Gasteiger partial charge in [-0.15, -0.1) is 0 Å². The van der Waals surface area contributed by atoms with E-state index in [1.807, 2.05) is 79.7 Å². The molecule has 0 saturated heterocycles. The Morgan fingerprint density at radius 3 is 2.19 bits per heavy atom. The van der Waals surface area contributed by atoms with Gasteiger partial charge in [0.25, 0.3) is 5.91 Å². The predicted molar refractivity (Wildman–Crippen MR) is 147 cm³/mol. The number of ether oxygens (including phenoxy) is 2. The number of rotatable bonds is 7. The molecule has 0 aromatic heterocycles. The Balaban J connectivity index is 1.22. The topological polar surface area (TPSA) is 87.3 Å². The monoisotopic (exact) mass is 560 g/mol. The molecule has 5 rings (SSSR count). The number of amides is 1. The van der Waals surface area contributed by atoms with Gasteiger partial charge >= 0.3 is 0 Å². The molecule has 0 bridgehead atoms. The van der Waals surface area contributed by atoms with Crippen molar-refractivity contribution in [1.29, 1.82) is 5.41 Å². The molecule has 36 heavy (non-hydrogen) atoms. The number of fused-ring (bicyclic) bond motifs is 1. The summed E-state index contributed by atoms with van der Waals surface area (Å²) in [5.74, 6) is 1.01. The molecule has 3 aromatic carbocycles. The Kier molecular flexibility index (Phi) is 7.02. The number of hydrazone groups is 1. The van der Waals surface area contributed by atoms with Crippen LogP contribution in [0.3, 0.4) is 0 Å². The van der Waals surface area contributed by atoms with E-state index in [4.69, 9.17) is 14.9 Å². The number of amidine groups is 2. The van der Waals surface area contributed by atoms with Crippen LogP contribution >= 0.6 is 27.7 Å². The Labute approximate surface area is 221 Å². The number of hydrogen-bond donors (Lipinski definition) is 1. The molecule has 0 unspecified atom stereocenters. The first-order valence-corrected chi connectivity index (χ1v) is 12.8. The van der Waals surface area contributed by atoms with Crippen LogP contribution in [0, 0.1) is 12.3 Å². The zero-order chi connectivity index (χ0) is 25.1. The van der Waals surface area contributed by atoms with E-state index >= 15 is 0 Å². The van der Waals surface area contributed by atoms with Gasteiger partial charge in [-0.05, 0) is 66.7 Å². The van der Waals surface area contributed by atoms with Gasteiger partial charge < -0.3 is 9.47 Å². The second-order valence-electron chi connectivity index (χ2n) is 8.01. The van der Waals surface area contributed by atoms with Crippen molar-refractivity contribution in [2.75, 3.05) is 13.2 Å². The molecule has 2 heterocycles. The van der Waals surface area contributed by atoms with Crippen molar-refractivity contribution in [3.05, 3.63) is 99.5 Å². The van der Waals surface area contributed by atoms with E-state index in [2.05, 4.69) is 26.0 Å². The molecule has 2 aliphatic heterocycles. The quantitative estimate of drug-likeness (QED) is 0.288. The van der Waals surface area contributed by atoms with Crippen molar-refractivity contribution in [1.82, 2.24) is 5.01 Å². The second-order valence-corrected chi connectivity index (χ2v) is 9.88. The van der Waals surface area contributed by atoms with E-state index in [9.17, 15) is 4.79 Å². The van der Waals surface area contributed by atoms with Crippen molar-refractivity contribution in [2.45, 2.75) is 6.92 Å². The molecule has 0 atom stereocenters. The van der Waals surface area contributed by atoms with Crippen LogP contribution in [0.25, 0.3) is 6.08 Å². The largest absolute Gasteiger partial charge is 0.490 e. The molecule has 7 nitrogen and oxygen atoms in total. The number of carbonyl (C=O) groups is 1. The molecule has 0 fully saturated rings. The molecule has 9 heteroatoms. The number of hydrogen-bond acceptors (Lipinski definition) is 6. The zero-order valence-electron chi connectivity index (χ0n) is 19.3. The van der Waals surface area contributed by atoms with Gasteiger partial charge in [-0.3, -0.25) is 10.2 Å². The summed E-state index contributed by atoms with van der Waals surface area (Å²) in [6.07, 6.45) is 1.65. The van der Waals surface area contributed by atoms with E-state index in [0.29, 0.717) is 29.2 Å². The number of aryl methyl sites for hydroxylation is 1. The third kappa shape index (κ3) is 5.42. The van der Waals surface area contributed by atoms with Crippen LogP contribution in [0.1, 0.15) is 16.7 Å².